The van der Waals surface area contributed by atoms with Crippen molar-refractivity contribution in [1.29, 1.82) is 0 Å². The van der Waals surface area contributed by atoms with Crippen molar-refractivity contribution in [2.24, 2.45) is 0 Å². The molecule has 0 bridgehead atoms. The van der Waals surface area contributed by atoms with Crippen molar-refractivity contribution in [3.63, 3.8) is 0 Å². The number of aryl methyl sites for hydroxylation is 1. The second-order valence-electron chi connectivity index (χ2n) is 6.26. The molecule has 1 amide bonds. The van der Waals surface area contributed by atoms with Crippen LogP contribution in [0.25, 0.3) is 5.65 Å². The number of amides is 1. The van der Waals surface area contributed by atoms with Crippen molar-refractivity contribution in [3.05, 3.63) is 33.9 Å². The molecule has 0 radical (unpaired) electrons. The minimum absolute atomic E-state index is 0.0499. The molecule has 1 fully saturated rings. The summed E-state index contributed by atoms with van der Waals surface area (Å²) in [6.07, 6.45) is 2.53. The third kappa shape index (κ3) is 2.65. The molecule has 7 heteroatoms. The minimum Gasteiger partial charge on any atom is -0.377 e. The van der Waals surface area contributed by atoms with E-state index in [1.54, 1.807) is 19.2 Å². The van der Waals surface area contributed by atoms with Gasteiger partial charge >= 0.3 is 0 Å². The number of nitrogens with one attached hydrogen (secondary N) is 1. The molecule has 2 aromatic rings. The van der Waals surface area contributed by atoms with Crippen LogP contribution in [-0.4, -0.2) is 50.7 Å². The normalized spacial score (nSPS) is 21.8. The Kier molecular flexibility index (Phi) is 3.97. The summed E-state index contributed by atoms with van der Waals surface area (Å²) in [5, 5.41) is 2.83. The molecule has 0 saturated carbocycles. The molecule has 1 aliphatic rings. The van der Waals surface area contributed by atoms with Gasteiger partial charge in [-0.05, 0) is 20.3 Å². The summed E-state index contributed by atoms with van der Waals surface area (Å²) in [4.78, 5) is 31.6. The van der Waals surface area contributed by atoms with E-state index >= 15 is 0 Å². The van der Waals surface area contributed by atoms with E-state index in [4.69, 9.17) is 4.74 Å². The van der Waals surface area contributed by atoms with Gasteiger partial charge in [0, 0.05) is 30.1 Å². The van der Waals surface area contributed by atoms with Gasteiger partial charge in [-0.3, -0.25) is 14.7 Å². The summed E-state index contributed by atoms with van der Waals surface area (Å²) in [6, 6.07) is 1.73. The average Bonchev–Trinajstić information content (AvgIpc) is 3.00. The smallest absolute Gasteiger partial charge is 0.276 e. The maximum absolute atomic E-state index is 12.8. The number of nitrogens with zero attached hydrogens (tertiary/aromatic N) is 3. The molecule has 23 heavy (non-hydrogen) atoms. The van der Waals surface area contributed by atoms with Crippen LogP contribution in [0.15, 0.2) is 17.1 Å². The van der Waals surface area contributed by atoms with E-state index in [1.165, 1.54) is 4.52 Å². The lowest BCUT2D eigenvalue weighted by molar-refractivity contribution is -0.147. The summed E-state index contributed by atoms with van der Waals surface area (Å²) in [5.41, 5.74) is 1.09. The van der Waals surface area contributed by atoms with Crippen LogP contribution in [0.4, 0.5) is 0 Å². The molecular weight excluding hydrogens is 296 g/mol. The van der Waals surface area contributed by atoms with Crippen molar-refractivity contribution in [2.75, 3.05) is 19.8 Å². The quantitative estimate of drug-likeness (QED) is 0.912. The number of hydrogen-bond acceptors (Lipinski definition) is 4. The number of carbonyl (C=O) groups excluding carboxylic acids is 1. The van der Waals surface area contributed by atoms with Gasteiger partial charge in [-0.15, -0.1) is 0 Å². The Bertz CT molecular complexity index is 794. The van der Waals surface area contributed by atoms with E-state index < -0.39 is 0 Å². The monoisotopic (exact) mass is 318 g/mol. The number of hydrogen-bond donors (Lipinski definition) is 1. The molecule has 3 heterocycles. The van der Waals surface area contributed by atoms with Gasteiger partial charge in [-0.1, -0.05) is 6.92 Å². The number of aromatic nitrogens is 3. The Hall–Kier alpha value is -2.15. The SMILES string of the molecule is CCC1(C)COCCN1C(=O)Cc1c(C)nc2cc[nH]n2c1=O. The highest BCUT2D eigenvalue weighted by molar-refractivity contribution is 5.80. The molecule has 1 atom stereocenters. The predicted molar refractivity (Wildman–Crippen MR) is 85.5 cm³/mol. The second kappa shape index (κ2) is 5.81. The first-order valence-electron chi connectivity index (χ1n) is 7.90. The molecule has 1 unspecified atom stereocenters. The van der Waals surface area contributed by atoms with Crippen LogP contribution >= 0.6 is 0 Å². The number of fused-ring (bicyclic) bond motifs is 1. The molecule has 1 aliphatic heterocycles. The fourth-order valence-electron chi connectivity index (χ4n) is 3.07. The Morgan fingerprint density at radius 3 is 3.04 bits per heavy atom. The summed E-state index contributed by atoms with van der Waals surface area (Å²) in [5.74, 6) is -0.0499. The van der Waals surface area contributed by atoms with E-state index in [1.807, 2.05) is 18.7 Å². The molecule has 3 rings (SSSR count). The third-order valence-electron chi connectivity index (χ3n) is 4.76. The van der Waals surface area contributed by atoms with Crippen LogP contribution in [0.5, 0.6) is 0 Å². The Morgan fingerprint density at radius 1 is 1.52 bits per heavy atom. The number of aromatic amines is 1. The fraction of sp³-hybridized carbons (Fsp3) is 0.562. The van der Waals surface area contributed by atoms with Gasteiger partial charge in [0.25, 0.3) is 5.56 Å². The Morgan fingerprint density at radius 2 is 2.30 bits per heavy atom. The maximum atomic E-state index is 12.8. The van der Waals surface area contributed by atoms with Crippen LogP contribution in [0, 0.1) is 6.92 Å². The molecule has 0 aliphatic carbocycles. The zero-order chi connectivity index (χ0) is 16.6. The Balaban J connectivity index is 1.92. The largest absolute Gasteiger partial charge is 0.377 e. The average molecular weight is 318 g/mol. The summed E-state index contributed by atoms with van der Waals surface area (Å²) < 4.78 is 6.89. The zero-order valence-corrected chi connectivity index (χ0v) is 13.8. The summed E-state index contributed by atoms with van der Waals surface area (Å²) in [6.45, 7) is 7.46. The molecule has 1 N–H and O–H groups in total. The van der Waals surface area contributed by atoms with E-state index in [-0.39, 0.29) is 23.4 Å². The minimum atomic E-state index is -0.316. The third-order valence-corrected chi connectivity index (χ3v) is 4.76. The topological polar surface area (TPSA) is 79.7 Å². The molecular formula is C16H22N4O3. The van der Waals surface area contributed by atoms with E-state index in [2.05, 4.69) is 10.1 Å². The zero-order valence-electron chi connectivity index (χ0n) is 13.8. The van der Waals surface area contributed by atoms with Crippen LogP contribution < -0.4 is 5.56 Å². The summed E-state index contributed by atoms with van der Waals surface area (Å²) >= 11 is 0. The van der Waals surface area contributed by atoms with E-state index in [0.29, 0.717) is 36.7 Å². The first-order valence-corrected chi connectivity index (χ1v) is 7.90. The van der Waals surface area contributed by atoms with Gasteiger partial charge in [0.05, 0.1) is 25.2 Å². The first-order chi connectivity index (χ1) is 11.0. The van der Waals surface area contributed by atoms with Crippen LogP contribution in [0.1, 0.15) is 31.5 Å². The molecule has 2 aromatic heterocycles. The summed E-state index contributed by atoms with van der Waals surface area (Å²) in [7, 11) is 0. The lowest BCUT2D eigenvalue weighted by Crippen LogP contribution is -2.57. The standard InChI is InChI=1S/C16H22N4O3/c1-4-16(3)10-23-8-7-19(16)14(21)9-12-11(2)18-13-5-6-17-20(13)15(12)22/h5-6,17H,4,7-10H2,1-3H3. The second-order valence-corrected chi connectivity index (χ2v) is 6.26. The van der Waals surface area contributed by atoms with Gasteiger partial charge in [-0.25, -0.2) is 9.50 Å². The van der Waals surface area contributed by atoms with Gasteiger partial charge in [0.1, 0.15) is 0 Å². The van der Waals surface area contributed by atoms with Crippen LogP contribution in [0.3, 0.4) is 0 Å². The lowest BCUT2D eigenvalue weighted by atomic mass is 9.95. The maximum Gasteiger partial charge on any atom is 0.276 e. The molecule has 7 nitrogen and oxygen atoms in total. The van der Waals surface area contributed by atoms with Gasteiger partial charge in [0.15, 0.2) is 5.65 Å². The van der Waals surface area contributed by atoms with Crippen molar-refractivity contribution in [2.45, 2.75) is 39.2 Å². The number of ether oxygens (including phenoxy) is 1. The van der Waals surface area contributed by atoms with E-state index in [0.717, 1.165) is 6.42 Å². The highest BCUT2D eigenvalue weighted by Crippen LogP contribution is 2.24. The number of morpholine rings is 1. The van der Waals surface area contributed by atoms with Crippen molar-refractivity contribution in [3.8, 4) is 0 Å². The fourth-order valence-corrected chi connectivity index (χ4v) is 3.07. The molecule has 124 valence electrons. The molecule has 1 saturated heterocycles. The first kappa shape index (κ1) is 15.7. The van der Waals surface area contributed by atoms with Crippen molar-refractivity contribution < 1.29 is 9.53 Å². The molecule has 0 spiro atoms. The number of rotatable bonds is 3. The van der Waals surface area contributed by atoms with Crippen LogP contribution in [-0.2, 0) is 16.0 Å². The molecule has 0 aromatic carbocycles. The van der Waals surface area contributed by atoms with Crippen molar-refractivity contribution in [1.82, 2.24) is 19.5 Å². The number of carbonyl (C=O) groups is 1. The predicted octanol–water partition coefficient (Wildman–Crippen LogP) is 0.901. The van der Waals surface area contributed by atoms with E-state index in [9.17, 15) is 9.59 Å². The Labute approximate surface area is 134 Å². The van der Waals surface area contributed by atoms with Gasteiger partial charge in [-0.2, -0.15) is 0 Å². The van der Waals surface area contributed by atoms with Crippen LogP contribution in [0.2, 0.25) is 0 Å². The number of H-pyrrole nitrogens is 1. The highest BCUT2D eigenvalue weighted by Gasteiger charge is 2.37. The van der Waals surface area contributed by atoms with Gasteiger partial charge in [0.2, 0.25) is 5.91 Å². The van der Waals surface area contributed by atoms with Crippen molar-refractivity contribution >= 4 is 11.6 Å². The van der Waals surface area contributed by atoms with Gasteiger partial charge < -0.3 is 9.64 Å². The highest BCUT2D eigenvalue weighted by atomic mass is 16.5. The lowest BCUT2D eigenvalue weighted by Gasteiger charge is -2.44.